The standard InChI is InChI=1S/C13H17N3O7/c1-6-4-16(13(22)15-12(6)21)10-2-7(8(5-17)23-10)14-9(18)3-11(19)20/h4,7-8,10,17H,2-3,5H2,1H3,(H,14,18)(H,19,20)(H,15,21,22)/t7-,8+,10+/m0/s1. The molecule has 126 valence electrons. The Balaban J connectivity index is 2.17. The molecule has 1 fully saturated rings. The minimum absolute atomic E-state index is 0.155. The minimum atomic E-state index is -1.27. The summed E-state index contributed by atoms with van der Waals surface area (Å²) in [4.78, 5) is 47.4. The fourth-order valence-corrected chi connectivity index (χ4v) is 2.42. The Hall–Kier alpha value is -2.46. The van der Waals surface area contributed by atoms with Crippen LogP contribution in [0.15, 0.2) is 15.8 Å². The van der Waals surface area contributed by atoms with Gasteiger partial charge in [0.1, 0.15) is 18.8 Å². The van der Waals surface area contributed by atoms with Crippen molar-refractivity contribution in [2.24, 2.45) is 0 Å². The van der Waals surface area contributed by atoms with Gasteiger partial charge < -0.3 is 20.3 Å². The number of rotatable bonds is 5. The smallest absolute Gasteiger partial charge is 0.330 e. The zero-order valence-electron chi connectivity index (χ0n) is 12.3. The number of amides is 1. The van der Waals surface area contributed by atoms with Crippen LogP contribution in [-0.2, 0) is 14.3 Å². The van der Waals surface area contributed by atoms with Gasteiger partial charge in [-0.25, -0.2) is 4.79 Å². The summed E-state index contributed by atoms with van der Waals surface area (Å²) in [7, 11) is 0. The number of aryl methyl sites for hydroxylation is 1. The number of hydrogen-bond donors (Lipinski definition) is 4. The van der Waals surface area contributed by atoms with Gasteiger partial charge in [-0.3, -0.25) is 23.9 Å². The lowest BCUT2D eigenvalue weighted by Gasteiger charge is -2.16. The number of aliphatic hydroxyl groups is 1. The van der Waals surface area contributed by atoms with Crippen LogP contribution in [0.2, 0.25) is 0 Å². The van der Waals surface area contributed by atoms with E-state index in [0.717, 1.165) is 0 Å². The second-order valence-electron chi connectivity index (χ2n) is 5.27. The van der Waals surface area contributed by atoms with Crippen LogP contribution in [0.1, 0.15) is 24.6 Å². The highest BCUT2D eigenvalue weighted by atomic mass is 16.5. The van der Waals surface area contributed by atoms with Crippen LogP contribution in [0.4, 0.5) is 0 Å². The monoisotopic (exact) mass is 327 g/mol. The molecule has 0 aromatic carbocycles. The number of aliphatic hydroxyl groups excluding tert-OH is 1. The summed E-state index contributed by atoms with van der Waals surface area (Å²) in [5, 5.41) is 20.4. The number of carbonyl (C=O) groups is 2. The molecule has 10 heteroatoms. The van der Waals surface area contributed by atoms with Gasteiger partial charge in [-0.1, -0.05) is 0 Å². The molecule has 10 nitrogen and oxygen atoms in total. The molecule has 0 bridgehead atoms. The first-order valence-electron chi connectivity index (χ1n) is 6.91. The molecule has 0 aliphatic carbocycles. The van der Waals surface area contributed by atoms with Crippen LogP contribution in [0.5, 0.6) is 0 Å². The highest BCUT2D eigenvalue weighted by Crippen LogP contribution is 2.27. The summed E-state index contributed by atoms with van der Waals surface area (Å²) in [5.74, 6) is -1.99. The first-order chi connectivity index (χ1) is 10.8. The summed E-state index contributed by atoms with van der Waals surface area (Å²) >= 11 is 0. The van der Waals surface area contributed by atoms with Crippen molar-refractivity contribution in [1.82, 2.24) is 14.9 Å². The average molecular weight is 327 g/mol. The van der Waals surface area contributed by atoms with E-state index in [0.29, 0.717) is 5.56 Å². The van der Waals surface area contributed by atoms with Crippen molar-refractivity contribution < 1.29 is 24.5 Å². The Labute approximate surface area is 129 Å². The number of nitrogens with one attached hydrogen (secondary N) is 2. The maximum absolute atomic E-state index is 11.8. The minimum Gasteiger partial charge on any atom is -0.481 e. The summed E-state index contributed by atoms with van der Waals surface area (Å²) in [5.41, 5.74) is -0.860. The molecule has 4 N–H and O–H groups in total. The van der Waals surface area contributed by atoms with Gasteiger partial charge in [-0.05, 0) is 6.92 Å². The van der Waals surface area contributed by atoms with Crippen molar-refractivity contribution in [3.05, 3.63) is 32.6 Å². The molecule has 0 radical (unpaired) electrons. The number of aromatic nitrogens is 2. The van der Waals surface area contributed by atoms with Crippen LogP contribution in [-0.4, -0.2) is 50.4 Å². The Kier molecular flexibility index (Phi) is 4.96. The zero-order chi connectivity index (χ0) is 17.1. The number of nitrogens with zero attached hydrogens (tertiary/aromatic N) is 1. The van der Waals surface area contributed by atoms with E-state index >= 15 is 0 Å². The number of H-pyrrole nitrogens is 1. The van der Waals surface area contributed by atoms with E-state index in [1.165, 1.54) is 17.7 Å². The van der Waals surface area contributed by atoms with E-state index < -0.39 is 54.5 Å². The number of aromatic amines is 1. The largest absolute Gasteiger partial charge is 0.481 e. The van der Waals surface area contributed by atoms with Crippen LogP contribution in [0, 0.1) is 6.92 Å². The second kappa shape index (κ2) is 6.75. The van der Waals surface area contributed by atoms with Gasteiger partial charge in [0.05, 0.1) is 12.6 Å². The third kappa shape index (κ3) is 3.85. The topological polar surface area (TPSA) is 151 Å². The lowest BCUT2D eigenvalue weighted by atomic mass is 10.1. The van der Waals surface area contributed by atoms with E-state index in [9.17, 15) is 24.3 Å². The van der Waals surface area contributed by atoms with Crippen molar-refractivity contribution in [2.45, 2.75) is 38.1 Å². The SMILES string of the molecule is Cc1cn([C@H]2C[C@H](NC(=O)CC(=O)O)[C@@H](CO)O2)c(=O)[nH]c1=O. The third-order valence-corrected chi connectivity index (χ3v) is 3.53. The van der Waals surface area contributed by atoms with Crippen LogP contribution >= 0.6 is 0 Å². The molecular weight excluding hydrogens is 310 g/mol. The fourth-order valence-electron chi connectivity index (χ4n) is 2.42. The molecule has 3 atom stereocenters. The number of ether oxygens (including phenoxy) is 1. The first kappa shape index (κ1) is 16.9. The van der Waals surface area contributed by atoms with Gasteiger partial charge >= 0.3 is 11.7 Å². The van der Waals surface area contributed by atoms with Gasteiger partial charge in [-0.15, -0.1) is 0 Å². The molecule has 1 saturated heterocycles. The predicted molar refractivity (Wildman–Crippen MR) is 75.9 cm³/mol. The lowest BCUT2D eigenvalue weighted by Crippen LogP contribution is -2.42. The van der Waals surface area contributed by atoms with E-state index in [1.54, 1.807) is 0 Å². The molecule has 23 heavy (non-hydrogen) atoms. The van der Waals surface area contributed by atoms with Crippen LogP contribution in [0.25, 0.3) is 0 Å². The molecule has 1 aromatic rings. The highest BCUT2D eigenvalue weighted by molar-refractivity contribution is 5.93. The summed E-state index contributed by atoms with van der Waals surface area (Å²) in [6.07, 6.45) is -0.775. The number of aliphatic carboxylic acids is 1. The van der Waals surface area contributed by atoms with Gasteiger partial charge in [-0.2, -0.15) is 0 Å². The molecule has 2 rings (SSSR count). The Bertz CT molecular complexity index is 723. The van der Waals surface area contributed by atoms with Gasteiger partial charge in [0.2, 0.25) is 5.91 Å². The summed E-state index contributed by atoms with van der Waals surface area (Å²) in [6, 6.07) is -0.643. The number of carbonyl (C=O) groups excluding carboxylic acids is 1. The van der Waals surface area contributed by atoms with Crippen molar-refractivity contribution in [1.29, 1.82) is 0 Å². The molecule has 0 saturated carbocycles. The predicted octanol–water partition coefficient (Wildman–Crippen LogP) is -1.92. The van der Waals surface area contributed by atoms with Gasteiger partial charge in [0.25, 0.3) is 5.56 Å². The van der Waals surface area contributed by atoms with Gasteiger partial charge in [0, 0.05) is 18.2 Å². The number of carboxylic acid groups (broad SMARTS) is 1. The molecule has 0 spiro atoms. The first-order valence-corrected chi connectivity index (χ1v) is 6.91. The maximum Gasteiger partial charge on any atom is 0.330 e. The van der Waals surface area contributed by atoms with E-state index in [2.05, 4.69) is 10.3 Å². The Morgan fingerprint density at radius 3 is 2.78 bits per heavy atom. The van der Waals surface area contributed by atoms with Crippen LogP contribution < -0.4 is 16.6 Å². The highest BCUT2D eigenvalue weighted by Gasteiger charge is 2.37. The molecule has 1 amide bonds. The lowest BCUT2D eigenvalue weighted by molar-refractivity contribution is -0.141. The molecule has 1 aromatic heterocycles. The van der Waals surface area contributed by atoms with Crippen molar-refractivity contribution in [3.8, 4) is 0 Å². The second-order valence-corrected chi connectivity index (χ2v) is 5.27. The van der Waals surface area contributed by atoms with Crippen LogP contribution in [0.3, 0.4) is 0 Å². The summed E-state index contributed by atoms with van der Waals surface area (Å²) < 4.78 is 6.69. The van der Waals surface area contributed by atoms with E-state index in [4.69, 9.17) is 9.84 Å². The normalized spacial score (nSPS) is 23.7. The zero-order valence-corrected chi connectivity index (χ0v) is 12.3. The Morgan fingerprint density at radius 2 is 2.17 bits per heavy atom. The third-order valence-electron chi connectivity index (χ3n) is 3.53. The van der Waals surface area contributed by atoms with Crippen molar-refractivity contribution in [3.63, 3.8) is 0 Å². The number of hydrogen-bond acceptors (Lipinski definition) is 6. The molecule has 1 aliphatic heterocycles. The van der Waals surface area contributed by atoms with E-state index in [1.807, 2.05) is 0 Å². The van der Waals surface area contributed by atoms with Gasteiger partial charge in [0.15, 0.2) is 0 Å². The molecular formula is C13H17N3O7. The fraction of sp³-hybridized carbons (Fsp3) is 0.538. The number of carboxylic acids is 1. The maximum atomic E-state index is 11.8. The Morgan fingerprint density at radius 1 is 1.48 bits per heavy atom. The van der Waals surface area contributed by atoms with Crippen molar-refractivity contribution >= 4 is 11.9 Å². The quantitative estimate of drug-likeness (QED) is 0.460. The summed E-state index contributed by atoms with van der Waals surface area (Å²) in [6.45, 7) is 1.12. The molecule has 2 heterocycles. The van der Waals surface area contributed by atoms with E-state index in [-0.39, 0.29) is 6.42 Å². The molecule has 1 aliphatic rings. The average Bonchev–Trinajstić information content (AvgIpc) is 2.84. The van der Waals surface area contributed by atoms with Crippen molar-refractivity contribution in [2.75, 3.05) is 6.61 Å². The molecule has 0 unspecified atom stereocenters.